The highest BCUT2D eigenvalue weighted by Gasteiger charge is 2.23. The van der Waals surface area contributed by atoms with Gasteiger partial charge in [0.25, 0.3) is 0 Å². The molecule has 0 aromatic heterocycles. The summed E-state index contributed by atoms with van der Waals surface area (Å²) in [6.45, 7) is 10.2. The molecule has 0 aliphatic heterocycles. The van der Waals surface area contributed by atoms with Crippen LogP contribution in [0.15, 0.2) is 91.0 Å². The number of amides is 1. The summed E-state index contributed by atoms with van der Waals surface area (Å²) >= 11 is 0. The Labute approximate surface area is 205 Å². The Morgan fingerprint density at radius 3 is 1.94 bits per heavy atom. The monoisotopic (exact) mass is 458 g/mol. The van der Waals surface area contributed by atoms with Gasteiger partial charge in [-0.05, 0) is 56.7 Å². The van der Waals surface area contributed by atoms with Gasteiger partial charge in [0.15, 0.2) is 0 Å². The van der Waals surface area contributed by atoms with E-state index in [1.54, 1.807) is 0 Å². The molecule has 0 radical (unpaired) electrons. The number of nitrogens with one attached hydrogen (secondary N) is 1. The standard InChI is InChI=1S/C30H38N2O2/c1-24(28-18-12-7-13-19-28)32(22-26-16-10-6-11-17-26)23-27(20-25-14-8-5-9-15-25)21-31-29(33)34-30(2,3)4/h5-19,24,27H,20-23H2,1-4H3,(H,31,33)/t24-,27?/m0/s1. The molecule has 180 valence electrons. The molecule has 3 rings (SSSR count). The predicted octanol–water partition coefficient (Wildman–Crippen LogP) is 6.63. The van der Waals surface area contributed by atoms with Crippen molar-refractivity contribution in [3.8, 4) is 0 Å². The van der Waals surface area contributed by atoms with Crippen molar-refractivity contribution in [2.45, 2.75) is 52.3 Å². The fourth-order valence-electron chi connectivity index (χ4n) is 4.14. The van der Waals surface area contributed by atoms with Crippen molar-refractivity contribution in [3.63, 3.8) is 0 Å². The van der Waals surface area contributed by atoms with Crippen LogP contribution in [-0.2, 0) is 17.7 Å². The van der Waals surface area contributed by atoms with E-state index in [-0.39, 0.29) is 18.1 Å². The largest absolute Gasteiger partial charge is 0.444 e. The Morgan fingerprint density at radius 2 is 1.38 bits per heavy atom. The summed E-state index contributed by atoms with van der Waals surface area (Å²) in [6, 6.07) is 31.9. The zero-order valence-electron chi connectivity index (χ0n) is 20.9. The molecule has 4 nitrogen and oxygen atoms in total. The van der Waals surface area contributed by atoms with Gasteiger partial charge in [-0.3, -0.25) is 4.90 Å². The van der Waals surface area contributed by atoms with E-state index in [2.05, 4.69) is 102 Å². The van der Waals surface area contributed by atoms with Crippen LogP contribution in [0.3, 0.4) is 0 Å². The molecule has 0 fully saturated rings. The summed E-state index contributed by atoms with van der Waals surface area (Å²) in [7, 11) is 0. The average Bonchev–Trinajstić information content (AvgIpc) is 2.82. The van der Waals surface area contributed by atoms with Gasteiger partial charge < -0.3 is 10.1 Å². The van der Waals surface area contributed by atoms with Gasteiger partial charge in [0.1, 0.15) is 5.60 Å². The fraction of sp³-hybridized carbons (Fsp3) is 0.367. The Kier molecular flexibility index (Phi) is 9.29. The summed E-state index contributed by atoms with van der Waals surface area (Å²) in [5, 5.41) is 3.02. The number of carbonyl (C=O) groups is 1. The van der Waals surface area contributed by atoms with Crippen LogP contribution in [0.4, 0.5) is 4.79 Å². The Hall–Kier alpha value is -3.11. The predicted molar refractivity (Wildman–Crippen MR) is 140 cm³/mol. The molecule has 3 aromatic rings. The summed E-state index contributed by atoms with van der Waals surface area (Å²) < 4.78 is 5.49. The van der Waals surface area contributed by atoms with Gasteiger partial charge in [0.2, 0.25) is 0 Å². The van der Waals surface area contributed by atoms with Crippen LogP contribution in [0.2, 0.25) is 0 Å². The van der Waals surface area contributed by atoms with Crippen molar-refractivity contribution in [3.05, 3.63) is 108 Å². The lowest BCUT2D eigenvalue weighted by atomic mass is 9.96. The third-order valence-electron chi connectivity index (χ3n) is 5.85. The third-order valence-corrected chi connectivity index (χ3v) is 5.85. The summed E-state index contributed by atoms with van der Waals surface area (Å²) in [6.07, 6.45) is 0.514. The first-order valence-electron chi connectivity index (χ1n) is 12.1. The average molecular weight is 459 g/mol. The minimum Gasteiger partial charge on any atom is -0.444 e. The van der Waals surface area contributed by atoms with Crippen molar-refractivity contribution in [2.24, 2.45) is 5.92 Å². The van der Waals surface area contributed by atoms with E-state index in [4.69, 9.17) is 4.74 Å². The lowest BCUT2D eigenvalue weighted by molar-refractivity contribution is 0.0511. The van der Waals surface area contributed by atoms with Crippen LogP contribution < -0.4 is 5.32 Å². The molecule has 2 atom stereocenters. The molecule has 0 saturated carbocycles. The van der Waals surface area contributed by atoms with Crippen LogP contribution >= 0.6 is 0 Å². The lowest BCUT2D eigenvalue weighted by Crippen LogP contribution is -2.40. The maximum absolute atomic E-state index is 12.4. The minimum absolute atomic E-state index is 0.227. The molecule has 1 amide bonds. The highest BCUT2D eigenvalue weighted by molar-refractivity contribution is 5.67. The first-order valence-corrected chi connectivity index (χ1v) is 12.1. The lowest BCUT2D eigenvalue weighted by Gasteiger charge is -2.33. The molecule has 0 aliphatic carbocycles. The number of alkyl carbamates (subject to hydrolysis) is 1. The number of nitrogens with zero attached hydrogens (tertiary/aromatic N) is 1. The smallest absolute Gasteiger partial charge is 0.407 e. The van der Waals surface area contributed by atoms with E-state index < -0.39 is 5.60 Å². The van der Waals surface area contributed by atoms with Crippen molar-refractivity contribution >= 4 is 6.09 Å². The molecular weight excluding hydrogens is 420 g/mol. The van der Waals surface area contributed by atoms with Crippen molar-refractivity contribution in [1.82, 2.24) is 10.2 Å². The number of ether oxygens (including phenoxy) is 1. The van der Waals surface area contributed by atoms with Gasteiger partial charge in [-0.15, -0.1) is 0 Å². The van der Waals surface area contributed by atoms with Crippen LogP contribution in [0.1, 0.15) is 50.4 Å². The number of rotatable bonds is 10. The second-order valence-electron chi connectivity index (χ2n) is 9.94. The van der Waals surface area contributed by atoms with Gasteiger partial charge in [0.05, 0.1) is 0 Å². The highest BCUT2D eigenvalue weighted by Crippen LogP contribution is 2.24. The molecule has 1 unspecified atom stereocenters. The fourth-order valence-corrected chi connectivity index (χ4v) is 4.14. The minimum atomic E-state index is -0.514. The van der Waals surface area contributed by atoms with E-state index in [1.807, 2.05) is 26.8 Å². The maximum Gasteiger partial charge on any atom is 0.407 e. The Morgan fingerprint density at radius 1 is 0.853 bits per heavy atom. The van der Waals surface area contributed by atoms with E-state index in [0.29, 0.717) is 6.54 Å². The van der Waals surface area contributed by atoms with Crippen molar-refractivity contribution < 1.29 is 9.53 Å². The highest BCUT2D eigenvalue weighted by atomic mass is 16.6. The Balaban J connectivity index is 1.80. The van der Waals surface area contributed by atoms with E-state index in [9.17, 15) is 4.79 Å². The molecule has 0 spiro atoms. The number of carbonyl (C=O) groups excluding carboxylic acids is 1. The molecule has 3 aromatic carbocycles. The first-order chi connectivity index (χ1) is 16.3. The van der Waals surface area contributed by atoms with Crippen LogP contribution in [0.25, 0.3) is 0 Å². The maximum atomic E-state index is 12.4. The summed E-state index contributed by atoms with van der Waals surface area (Å²) in [5.74, 6) is 0.227. The van der Waals surface area contributed by atoms with Gasteiger partial charge in [0, 0.05) is 25.7 Å². The third kappa shape index (κ3) is 8.68. The van der Waals surface area contributed by atoms with Crippen LogP contribution in [-0.4, -0.2) is 29.7 Å². The second kappa shape index (κ2) is 12.4. The normalized spacial score (nSPS) is 13.3. The molecule has 0 bridgehead atoms. The molecule has 1 N–H and O–H groups in total. The first kappa shape index (κ1) is 25.5. The van der Waals surface area contributed by atoms with E-state index in [0.717, 1.165) is 19.5 Å². The number of hydrogen-bond donors (Lipinski definition) is 1. The number of hydrogen-bond acceptors (Lipinski definition) is 3. The zero-order valence-corrected chi connectivity index (χ0v) is 20.9. The van der Waals surface area contributed by atoms with Gasteiger partial charge >= 0.3 is 6.09 Å². The molecule has 0 heterocycles. The number of benzene rings is 3. The van der Waals surface area contributed by atoms with Crippen LogP contribution in [0.5, 0.6) is 0 Å². The summed E-state index contributed by atoms with van der Waals surface area (Å²) in [4.78, 5) is 14.9. The molecule has 0 saturated heterocycles. The Bertz CT molecular complexity index is 985. The molecule has 34 heavy (non-hydrogen) atoms. The van der Waals surface area contributed by atoms with E-state index in [1.165, 1.54) is 16.7 Å². The van der Waals surface area contributed by atoms with Gasteiger partial charge in [-0.25, -0.2) is 4.79 Å². The topological polar surface area (TPSA) is 41.6 Å². The quantitative estimate of drug-likeness (QED) is 0.371. The van der Waals surface area contributed by atoms with Crippen molar-refractivity contribution in [2.75, 3.05) is 13.1 Å². The van der Waals surface area contributed by atoms with Gasteiger partial charge in [-0.2, -0.15) is 0 Å². The second-order valence-corrected chi connectivity index (χ2v) is 9.94. The molecule has 4 heteroatoms. The van der Waals surface area contributed by atoms with Crippen LogP contribution in [0, 0.1) is 5.92 Å². The van der Waals surface area contributed by atoms with Gasteiger partial charge in [-0.1, -0.05) is 91.0 Å². The summed E-state index contributed by atoms with van der Waals surface area (Å²) in [5.41, 5.74) is 3.33. The SMILES string of the molecule is C[C@@H](c1ccccc1)N(Cc1ccccc1)CC(CNC(=O)OC(C)(C)C)Cc1ccccc1. The van der Waals surface area contributed by atoms with E-state index >= 15 is 0 Å². The van der Waals surface area contributed by atoms with Crippen molar-refractivity contribution in [1.29, 1.82) is 0 Å². The zero-order chi connectivity index (χ0) is 24.4. The molecular formula is C30H38N2O2. The molecule has 0 aliphatic rings.